The van der Waals surface area contributed by atoms with Crippen molar-refractivity contribution in [3.05, 3.63) is 29.7 Å². The summed E-state index contributed by atoms with van der Waals surface area (Å²) in [5, 5.41) is 9.63. The first-order valence-electron chi connectivity index (χ1n) is 10.5. The molecular weight excluding hydrogens is 420 g/mol. The third kappa shape index (κ3) is 7.41. The van der Waals surface area contributed by atoms with Gasteiger partial charge in [-0.3, -0.25) is 9.78 Å². The Balaban J connectivity index is 0.000000367. The van der Waals surface area contributed by atoms with Crippen LogP contribution in [-0.4, -0.2) is 52.5 Å². The van der Waals surface area contributed by atoms with Crippen LogP contribution in [0.4, 0.5) is 11.6 Å². The molecule has 2 saturated heterocycles. The number of piperidine rings is 1. The van der Waals surface area contributed by atoms with E-state index in [-0.39, 0.29) is 0 Å². The summed E-state index contributed by atoms with van der Waals surface area (Å²) in [5.41, 5.74) is 1.32. The van der Waals surface area contributed by atoms with Crippen molar-refractivity contribution in [3.8, 4) is 11.3 Å². The lowest BCUT2D eigenvalue weighted by Gasteiger charge is -2.21. The molecule has 0 bridgehead atoms. The molecule has 0 saturated carbocycles. The Bertz CT molecular complexity index is 787. The van der Waals surface area contributed by atoms with E-state index in [0.717, 1.165) is 12.4 Å². The van der Waals surface area contributed by atoms with Crippen molar-refractivity contribution < 1.29 is 4.79 Å². The number of amides is 1. The van der Waals surface area contributed by atoms with E-state index in [1.165, 1.54) is 62.9 Å². The number of nitrogens with one attached hydrogen (secondary N) is 3. The van der Waals surface area contributed by atoms with Crippen LogP contribution in [0.1, 0.15) is 32.1 Å². The summed E-state index contributed by atoms with van der Waals surface area (Å²) >= 11 is 8.23. The molecule has 0 unspecified atom stereocenters. The molecule has 30 heavy (non-hydrogen) atoms. The predicted octanol–water partition coefficient (Wildman–Crippen LogP) is 4.08. The van der Waals surface area contributed by atoms with Gasteiger partial charge in [-0.2, -0.15) is 11.8 Å². The Kier molecular flexibility index (Phi) is 9.66. The molecule has 2 aliphatic rings. The minimum atomic E-state index is 0.421. The van der Waals surface area contributed by atoms with Crippen LogP contribution in [0, 0.1) is 5.92 Å². The van der Waals surface area contributed by atoms with E-state index in [0.29, 0.717) is 34.4 Å². The number of rotatable bonds is 6. The van der Waals surface area contributed by atoms with Crippen LogP contribution in [0.3, 0.4) is 0 Å². The Hall–Kier alpha value is -1.90. The van der Waals surface area contributed by atoms with Gasteiger partial charge in [-0.15, -0.1) is 0 Å². The van der Waals surface area contributed by atoms with Crippen molar-refractivity contribution in [2.75, 3.05) is 41.8 Å². The van der Waals surface area contributed by atoms with E-state index < -0.39 is 0 Å². The van der Waals surface area contributed by atoms with Crippen LogP contribution in [0.25, 0.3) is 11.3 Å². The normalized spacial score (nSPS) is 16.8. The van der Waals surface area contributed by atoms with E-state index in [1.54, 1.807) is 18.5 Å². The van der Waals surface area contributed by atoms with E-state index in [4.69, 9.17) is 11.6 Å². The van der Waals surface area contributed by atoms with Gasteiger partial charge in [-0.25, -0.2) is 9.97 Å². The molecule has 2 aromatic heterocycles. The number of hydrogen-bond donors (Lipinski definition) is 3. The number of aromatic nitrogens is 3. The van der Waals surface area contributed by atoms with Crippen molar-refractivity contribution in [1.82, 2.24) is 20.3 Å². The first kappa shape index (κ1) is 22.8. The number of halogens is 1. The van der Waals surface area contributed by atoms with Crippen LogP contribution < -0.4 is 16.0 Å². The van der Waals surface area contributed by atoms with Gasteiger partial charge in [-0.1, -0.05) is 18.0 Å². The van der Waals surface area contributed by atoms with Gasteiger partial charge in [0.15, 0.2) is 0 Å². The molecular formula is C21H29ClN6OS. The number of thioether (sulfide) groups is 1. The van der Waals surface area contributed by atoms with Gasteiger partial charge in [0.05, 0.1) is 23.1 Å². The number of carbonyl (C=O) groups is 1. The topological polar surface area (TPSA) is 91.8 Å². The lowest BCUT2D eigenvalue weighted by atomic mass is 10.0. The summed E-state index contributed by atoms with van der Waals surface area (Å²) < 4.78 is 0. The Morgan fingerprint density at radius 1 is 1.13 bits per heavy atom. The van der Waals surface area contributed by atoms with Crippen LogP contribution in [-0.2, 0) is 4.79 Å². The fourth-order valence-corrected chi connectivity index (χ4v) is 4.76. The quantitative estimate of drug-likeness (QED) is 0.573. The Morgan fingerprint density at radius 2 is 1.93 bits per heavy atom. The average Bonchev–Trinajstić information content (AvgIpc) is 2.81. The molecule has 162 valence electrons. The zero-order chi connectivity index (χ0) is 21.0. The van der Waals surface area contributed by atoms with Gasteiger partial charge in [0, 0.05) is 18.3 Å². The van der Waals surface area contributed by atoms with Crippen LogP contribution in [0.2, 0.25) is 5.02 Å². The number of carbonyl (C=O) groups excluding carboxylic acids is 1. The molecule has 0 radical (unpaired) electrons. The zero-order valence-corrected chi connectivity index (χ0v) is 18.6. The Labute approximate surface area is 187 Å². The van der Waals surface area contributed by atoms with Crippen molar-refractivity contribution in [2.45, 2.75) is 32.1 Å². The van der Waals surface area contributed by atoms with Crippen molar-refractivity contribution in [2.24, 2.45) is 5.92 Å². The van der Waals surface area contributed by atoms with Crippen molar-refractivity contribution in [3.63, 3.8) is 0 Å². The molecule has 4 rings (SSSR count). The molecule has 0 atom stereocenters. The molecule has 0 aliphatic carbocycles. The lowest BCUT2D eigenvalue weighted by Crippen LogP contribution is -2.21. The van der Waals surface area contributed by atoms with Crippen molar-refractivity contribution >= 4 is 41.4 Å². The molecule has 2 aliphatic heterocycles. The van der Waals surface area contributed by atoms with Gasteiger partial charge in [-0.05, 0) is 62.3 Å². The lowest BCUT2D eigenvalue weighted by molar-refractivity contribution is -0.105. The molecule has 2 fully saturated rings. The summed E-state index contributed by atoms with van der Waals surface area (Å²) in [7, 11) is 0. The highest BCUT2D eigenvalue weighted by Gasteiger charge is 2.14. The van der Waals surface area contributed by atoms with Gasteiger partial charge in [0.25, 0.3) is 0 Å². The molecule has 2 aromatic rings. The molecule has 9 heteroatoms. The molecule has 1 amide bonds. The minimum Gasteiger partial charge on any atom is -0.368 e. The second kappa shape index (κ2) is 12.7. The summed E-state index contributed by atoms with van der Waals surface area (Å²) in [4.78, 5) is 23.4. The second-order valence-electron chi connectivity index (χ2n) is 7.35. The van der Waals surface area contributed by atoms with Crippen molar-refractivity contribution in [1.29, 1.82) is 0 Å². The summed E-state index contributed by atoms with van der Waals surface area (Å²) in [5.74, 6) is 4.30. The fourth-order valence-electron chi connectivity index (χ4n) is 3.36. The monoisotopic (exact) mass is 448 g/mol. The molecule has 4 heterocycles. The fraction of sp³-hybridized carbons (Fsp3) is 0.524. The average molecular weight is 449 g/mol. The first-order chi connectivity index (χ1) is 14.8. The van der Waals surface area contributed by atoms with Crippen LogP contribution in [0.5, 0.6) is 0 Å². The molecule has 7 nitrogen and oxygen atoms in total. The van der Waals surface area contributed by atoms with Gasteiger partial charge >= 0.3 is 0 Å². The van der Waals surface area contributed by atoms with E-state index in [2.05, 4.69) is 30.9 Å². The highest BCUT2D eigenvalue weighted by Crippen LogP contribution is 2.28. The number of pyridine rings is 1. The largest absolute Gasteiger partial charge is 0.368 e. The number of nitrogens with zero attached hydrogens (tertiary/aromatic N) is 3. The first-order valence-corrected chi connectivity index (χ1v) is 12.0. The highest BCUT2D eigenvalue weighted by atomic mass is 35.5. The summed E-state index contributed by atoms with van der Waals surface area (Å²) in [6.45, 7) is 3.40. The predicted molar refractivity (Wildman–Crippen MR) is 125 cm³/mol. The van der Waals surface area contributed by atoms with E-state index in [1.807, 2.05) is 11.8 Å². The van der Waals surface area contributed by atoms with Gasteiger partial charge < -0.3 is 16.0 Å². The third-order valence-corrected chi connectivity index (χ3v) is 6.44. The maximum absolute atomic E-state index is 10.6. The van der Waals surface area contributed by atoms with Crippen LogP contribution in [0.15, 0.2) is 24.7 Å². The SMILES string of the molecule is C1CCNCC1.O=CNc1cc(-c2cncc(NCC3CCSCC3)n2)c(Cl)cn1. The zero-order valence-electron chi connectivity index (χ0n) is 17.1. The van der Waals surface area contributed by atoms with E-state index >= 15 is 0 Å². The maximum Gasteiger partial charge on any atom is 0.212 e. The van der Waals surface area contributed by atoms with Gasteiger partial charge in [0.2, 0.25) is 6.41 Å². The van der Waals surface area contributed by atoms with E-state index in [9.17, 15) is 4.79 Å². The Morgan fingerprint density at radius 3 is 2.60 bits per heavy atom. The standard InChI is InChI=1S/C16H18ClN5OS.C5H11N/c17-13-7-20-15(21-10-23)5-12(13)14-8-18-9-16(22-14)19-6-11-1-3-24-4-2-11;1-2-4-6-5-3-1/h5,7-11H,1-4,6H2,(H,19,22)(H,20,21,23);6H,1-5H2. The second-order valence-corrected chi connectivity index (χ2v) is 8.98. The summed E-state index contributed by atoms with van der Waals surface area (Å²) in [6.07, 6.45) is 12.1. The number of anilines is 2. The molecule has 3 N–H and O–H groups in total. The molecule has 0 spiro atoms. The minimum absolute atomic E-state index is 0.421. The number of hydrogen-bond acceptors (Lipinski definition) is 7. The summed E-state index contributed by atoms with van der Waals surface area (Å²) in [6, 6.07) is 1.68. The van der Waals surface area contributed by atoms with Crippen LogP contribution >= 0.6 is 23.4 Å². The maximum atomic E-state index is 10.6. The third-order valence-electron chi connectivity index (χ3n) is 5.09. The highest BCUT2D eigenvalue weighted by molar-refractivity contribution is 7.99. The van der Waals surface area contributed by atoms with Gasteiger partial charge in [0.1, 0.15) is 11.6 Å². The molecule has 0 aromatic carbocycles. The smallest absolute Gasteiger partial charge is 0.212 e.